The third-order valence-corrected chi connectivity index (χ3v) is 7.52. The molecule has 2 heterocycles. The molecule has 0 saturated carbocycles. The van der Waals surface area contributed by atoms with E-state index in [0.717, 1.165) is 32.6 Å². The van der Waals surface area contributed by atoms with E-state index in [-0.39, 0.29) is 0 Å². The lowest BCUT2D eigenvalue weighted by Crippen LogP contribution is -2.46. The Bertz CT molecular complexity index is 1020. The van der Waals surface area contributed by atoms with Gasteiger partial charge in [-0.3, -0.25) is 4.90 Å². The summed E-state index contributed by atoms with van der Waals surface area (Å²) in [5.74, 6) is -2.16. The summed E-state index contributed by atoms with van der Waals surface area (Å²) in [6, 6.07) is 13.1. The van der Waals surface area contributed by atoms with Crippen LogP contribution in [0.5, 0.6) is 5.75 Å². The first-order valence-corrected chi connectivity index (χ1v) is 12.5. The standard InChI is InChI=1S/C20H24N2OS2.C4H4O4/c1-21-7-9-22(10-8-21)18-11-14-3-4-15(23)12-20(14)25-19-6-5-16(24-2)13-17(18)19;5-3(6)1-2-4(7)8/h3-6,12-13,18,23H,7-11H2,1-2H3;1-2H,(H,5,6)(H,7,8)/b;2-1-. The van der Waals surface area contributed by atoms with Crippen LogP contribution in [0.25, 0.3) is 0 Å². The summed E-state index contributed by atoms with van der Waals surface area (Å²) >= 11 is 3.61. The Balaban J connectivity index is 0.000000331. The van der Waals surface area contributed by atoms with Gasteiger partial charge in [0.2, 0.25) is 0 Å². The molecule has 0 bridgehead atoms. The maximum Gasteiger partial charge on any atom is 0.328 e. The minimum atomic E-state index is -1.26. The largest absolute Gasteiger partial charge is 0.508 e. The fraction of sp³-hybridized carbons (Fsp3) is 0.333. The number of likely N-dealkylation sites (N-methyl/N-ethyl adjacent to an activating group) is 1. The lowest BCUT2D eigenvalue weighted by atomic mass is 9.96. The summed E-state index contributed by atoms with van der Waals surface area (Å²) in [7, 11) is 2.21. The second-order valence-corrected chi connectivity index (χ2v) is 9.83. The van der Waals surface area contributed by atoms with E-state index in [0.29, 0.717) is 23.9 Å². The van der Waals surface area contributed by atoms with Gasteiger partial charge in [0.15, 0.2) is 0 Å². The topological polar surface area (TPSA) is 101 Å². The molecule has 4 rings (SSSR count). The van der Waals surface area contributed by atoms with Crippen LogP contribution < -0.4 is 0 Å². The van der Waals surface area contributed by atoms with Crippen molar-refractivity contribution in [2.24, 2.45) is 0 Å². The smallest absolute Gasteiger partial charge is 0.328 e. The van der Waals surface area contributed by atoms with E-state index in [1.165, 1.54) is 25.8 Å². The van der Waals surface area contributed by atoms with Gasteiger partial charge in [0.05, 0.1) is 0 Å². The Kier molecular flexibility index (Phi) is 8.85. The number of aromatic hydroxyl groups is 1. The number of hydrogen-bond acceptors (Lipinski definition) is 7. The summed E-state index contributed by atoms with van der Waals surface area (Å²) in [6.07, 6.45) is 4.27. The van der Waals surface area contributed by atoms with Gasteiger partial charge in [-0.1, -0.05) is 17.8 Å². The van der Waals surface area contributed by atoms with Gasteiger partial charge in [0.1, 0.15) is 5.75 Å². The second kappa shape index (κ2) is 11.6. The molecule has 0 spiro atoms. The molecule has 2 aliphatic heterocycles. The monoisotopic (exact) mass is 488 g/mol. The van der Waals surface area contributed by atoms with Crippen molar-refractivity contribution in [3.05, 3.63) is 59.7 Å². The SMILES string of the molecule is CSc1ccc2c(c1)C(N1CCN(C)CC1)Cc1ccc(O)cc1S2.O=C(O)/C=C\C(=O)O. The first-order valence-electron chi connectivity index (χ1n) is 10.5. The number of aliphatic carboxylic acids is 2. The number of thioether (sulfide) groups is 1. The van der Waals surface area contributed by atoms with Crippen LogP contribution in [0.3, 0.4) is 0 Å². The number of carboxylic acid groups (broad SMARTS) is 2. The molecule has 1 fully saturated rings. The quantitative estimate of drug-likeness (QED) is 0.438. The molecule has 2 aromatic rings. The van der Waals surface area contributed by atoms with Gasteiger partial charge in [-0.15, -0.1) is 11.8 Å². The first-order chi connectivity index (χ1) is 15.8. The number of nitrogens with zero attached hydrogens (tertiary/aromatic N) is 2. The molecule has 1 unspecified atom stereocenters. The molecule has 9 heteroatoms. The van der Waals surface area contributed by atoms with Gasteiger partial charge in [-0.05, 0) is 61.2 Å². The molecule has 7 nitrogen and oxygen atoms in total. The van der Waals surface area contributed by atoms with Gasteiger partial charge < -0.3 is 20.2 Å². The summed E-state index contributed by atoms with van der Waals surface area (Å²) < 4.78 is 0. The highest BCUT2D eigenvalue weighted by Crippen LogP contribution is 2.44. The minimum Gasteiger partial charge on any atom is -0.508 e. The van der Waals surface area contributed by atoms with Crippen molar-refractivity contribution in [1.82, 2.24) is 9.80 Å². The predicted octanol–water partition coefficient (Wildman–Crippen LogP) is 3.82. The molecule has 1 saturated heterocycles. The lowest BCUT2D eigenvalue weighted by molar-refractivity contribution is -0.134. The van der Waals surface area contributed by atoms with Crippen LogP contribution in [-0.2, 0) is 16.0 Å². The van der Waals surface area contributed by atoms with Gasteiger partial charge in [-0.2, -0.15) is 0 Å². The molecule has 1 atom stereocenters. The fourth-order valence-corrected chi connectivity index (χ4v) is 5.45. The summed E-state index contributed by atoms with van der Waals surface area (Å²) in [5.41, 5.74) is 2.78. The van der Waals surface area contributed by atoms with Crippen LogP contribution in [0.4, 0.5) is 0 Å². The Labute approximate surface area is 202 Å². The minimum absolute atomic E-state index is 0.353. The fourth-order valence-electron chi connectivity index (χ4n) is 3.85. The van der Waals surface area contributed by atoms with Crippen molar-refractivity contribution in [2.45, 2.75) is 27.1 Å². The highest BCUT2D eigenvalue weighted by atomic mass is 32.2. The van der Waals surface area contributed by atoms with Crippen LogP contribution in [0, 0.1) is 0 Å². The Morgan fingerprint density at radius 1 is 1.00 bits per heavy atom. The van der Waals surface area contributed by atoms with Crippen LogP contribution in [0.2, 0.25) is 0 Å². The molecule has 3 N–H and O–H groups in total. The zero-order valence-corrected chi connectivity index (χ0v) is 20.2. The van der Waals surface area contributed by atoms with Crippen molar-refractivity contribution < 1.29 is 24.9 Å². The van der Waals surface area contributed by atoms with Crippen molar-refractivity contribution in [1.29, 1.82) is 0 Å². The van der Waals surface area contributed by atoms with Crippen molar-refractivity contribution >= 4 is 35.5 Å². The number of carboxylic acids is 2. The van der Waals surface area contributed by atoms with Crippen LogP contribution in [-0.4, -0.2) is 76.5 Å². The molecule has 176 valence electrons. The average Bonchev–Trinajstić information content (AvgIpc) is 2.94. The summed E-state index contributed by atoms with van der Waals surface area (Å²) in [6.45, 7) is 4.48. The number of phenolic OH excluding ortho intramolecular Hbond substituents is 1. The number of fused-ring (bicyclic) bond motifs is 2. The molecule has 2 aliphatic rings. The molecular formula is C24H28N2O5S2. The number of phenols is 1. The van der Waals surface area contributed by atoms with Crippen LogP contribution >= 0.6 is 23.5 Å². The van der Waals surface area contributed by atoms with E-state index in [1.54, 1.807) is 11.8 Å². The van der Waals surface area contributed by atoms with Crippen molar-refractivity contribution in [2.75, 3.05) is 39.5 Å². The van der Waals surface area contributed by atoms with Crippen molar-refractivity contribution in [3.8, 4) is 5.75 Å². The van der Waals surface area contributed by atoms with E-state index in [4.69, 9.17) is 10.2 Å². The highest BCUT2D eigenvalue weighted by molar-refractivity contribution is 7.99. The van der Waals surface area contributed by atoms with E-state index < -0.39 is 11.9 Å². The predicted molar refractivity (Wildman–Crippen MR) is 130 cm³/mol. The average molecular weight is 489 g/mol. The van der Waals surface area contributed by atoms with E-state index >= 15 is 0 Å². The normalized spacial score (nSPS) is 18.5. The Morgan fingerprint density at radius 2 is 1.67 bits per heavy atom. The number of benzene rings is 2. The zero-order valence-electron chi connectivity index (χ0n) is 18.6. The third kappa shape index (κ3) is 7.01. The summed E-state index contributed by atoms with van der Waals surface area (Å²) in [5, 5.41) is 25.5. The van der Waals surface area contributed by atoms with Gasteiger partial charge in [0, 0.05) is 59.1 Å². The Morgan fingerprint density at radius 3 is 2.27 bits per heavy atom. The number of rotatable bonds is 4. The lowest BCUT2D eigenvalue weighted by Gasteiger charge is -2.38. The molecule has 0 radical (unpaired) electrons. The zero-order chi connectivity index (χ0) is 24.0. The first kappa shape index (κ1) is 25.2. The number of piperazine rings is 1. The molecular weight excluding hydrogens is 460 g/mol. The maximum atomic E-state index is 9.92. The third-order valence-electron chi connectivity index (χ3n) is 5.61. The van der Waals surface area contributed by atoms with Gasteiger partial charge in [0.25, 0.3) is 0 Å². The van der Waals surface area contributed by atoms with Gasteiger partial charge >= 0.3 is 11.9 Å². The van der Waals surface area contributed by atoms with Crippen LogP contribution in [0.15, 0.2) is 63.2 Å². The van der Waals surface area contributed by atoms with E-state index in [2.05, 4.69) is 47.4 Å². The molecule has 33 heavy (non-hydrogen) atoms. The summed E-state index contributed by atoms with van der Waals surface area (Å²) in [4.78, 5) is 28.0. The maximum absolute atomic E-state index is 9.92. The molecule has 0 amide bonds. The molecule has 2 aromatic carbocycles. The van der Waals surface area contributed by atoms with Crippen molar-refractivity contribution in [3.63, 3.8) is 0 Å². The van der Waals surface area contributed by atoms with E-state index in [9.17, 15) is 14.7 Å². The number of hydrogen-bond donors (Lipinski definition) is 3. The number of carbonyl (C=O) groups is 2. The second-order valence-electron chi connectivity index (χ2n) is 7.87. The molecule has 0 aliphatic carbocycles. The Hall–Kier alpha value is -2.46. The molecule has 0 aromatic heterocycles. The van der Waals surface area contributed by atoms with E-state index in [1.807, 2.05) is 23.9 Å². The van der Waals surface area contributed by atoms with Crippen LogP contribution in [0.1, 0.15) is 17.2 Å². The highest BCUT2D eigenvalue weighted by Gasteiger charge is 2.29. The van der Waals surface area contributed by atoms with Gasteiger partial charge in [-0.25, -0.2) is 9.59 Å².